The van der Waals surface area contributed by atoms with E-state index in [0.29, 0.717) is 12.1 Å². The second-order valence-corrected chi connectivity index (χ2v) is 3.98. The van der Waals surface area contributed by atoms with Crippen molar-refractivity contribution in [3.05, 3.63) is 53.0 Å². The van der Waals surface area contributed by atoms with Crippen LogP contribution in [0.3, 0.4) is 0 Å². The first kappa shape index (κ1) is 12.9. The molecule has 0 atom stereocenters. The average Bonchev–Trinajstić information content (AvgIpc) is 2.42. The highest BCUT2D eigenvalue weighted by Crippen LogP contribution is 2.02. The summed E-state index contributed by atoms with van der Waals surface area (Å²) in [4.78, 5) is 31.4. The van der Waals surface area contributed by atoms with Crippen molar-refractivity contribution < 1.29 is 4.79 Å². The molecule has 0 saturated heterocycles. The summed E-state index contributed by atoms with van der Waals surface area (Å²) in [6.45, 7) is 1.86. The Morgan fingerprint density at radius 2 is 2.11 bits per heavy atom. The Balaban J connectivity index is 2.05. The van der Waals surface area contributed by atoms with Crippen LogP contribution < -0.4 is 10.9 Å². The Labute approximate surface area is 110 Å². The summed E-state index contributed by atoms with van der Waals surface area (Å²) in [7, 11) is 0. The molecular formula is C13H14N4O2. The van der Waals surface area contributed by atoms with E-state index < -0.39 is 0 Å². The molecule has 0 radical (unpaired) electrons. The summed E-state index contributed by atoms with van der Waals surface area (Å²) in [5.41, 5.74) is 1.14. The van der Waals surface area contributed by atoms with Gasteiger partial charge in [0.1, 0.15) is 6.54 Å². The van der Waals surface area contributed by atoms with Crippen LogP contribution in [0, 0.1) is 0 Å². The Morgan fingerprint density at radius 1 is 1.37 bits per heavy atom. The molecule has 0 fully saturated rings. The molecule has 6 nitrogen and oxygen atoms in total. The first-order chi connectivity index (χ1) is 9.19. The molecule has 0 aliphatic carbocycles. The molecule has 0 aliphatic heterocycles. The fourth-order valence-electron chi connectivity index (χ4n) is 1.57. The van der Waals surface area contributed by atoms with Crippen molar-refractivity contribution in [3.63, 3.8) is 0 Å². The molecule has 1 N–H and O–H groups in total. The van der Waals surface area contributed by atoms with Crippen molar-refractivity contribution in [1.29, 1.82) is 0 Å². The molecule has 2 rings (SSSR count). The Bertz CT molecular complexity index is 622. The zero-order valence-electron chi connectivity index (χ0n) is 10.5. The van der Waals surface area contributed by atoms with E-state index in [4.69, 9.17) is 0 Å². The van der Waals surface area contributed by atoms with E-state index in [-0.39, 0.29) is 18.0 Å². The first-order valence-corrected chi connectivity index (χ1v) is 5.94. The number of hydrogen-bond acceptors (Lipinski definition) is 4. The fraction of sp³-hybridized carbons (Fsp3) is 0.231. The molecule has 6 heteroatoms. The van der Waals surface area contributed by atoms with Crippen LogP contribution in [0.15, 0.2) is 41.7 Å². The lowest BCUT2D eigenvalue weighted by Gasteiger charge is -2.07. The lowest BCUT2D eigenvalue weighted by Crippen LogP contribution is -2.27. The van der Waals surface area contributed by atoms with Gasteiger partial charge in [-0.3, -0.25) is 19.1 Å². The van der Waals surface area contributed by atoms with Gasteiger partial charge in [0.25, 0.3) is 5.56 Å². The number of aromatic nitrogens is 3. The number of aryl methyl sites for hydroxylation is 1. The fourth-order valence-corrected chi connectivity index (χ4v) is 1.57. The lowest BCUT2D eigenvalue weighted by molar-refractivity contribution is -0.116. The number of anilines is 1. The average molecular weight is 258 g/mol. The number of amides is 1. The van der Waals surface area contributed by atoms with E-state index in [0.717, 1.165) is 5.69 Å². The quantitative estimate of drug-likeness (QED) is 0.881. The molecule has 1 amide bonds. The summed E-state index contributed by atoms with van der Waals surface area (Å²) in [6, 6.07) is 4.80. The second kappa shape index (κ2) is 5.90. The Hall–Kier alpha value is -2.50. The van der Waals surface area contributed by atoms with Gasteiger partial charge < -0.3 is 5.32 Å². The summed E-state index contributed by atoms with van der Waals surface area (Å²) in [6.07, 6.45) is 5.26. The van der Waals surface area contributed by atoms with Crippen LogP contribution in [-0.4, -0.2) is 20.4 Å². The molecule has 0 aromatic carbocycles. The van der Waals surface area contributed by atoms with E-state index >= 15 is 0 Å². The van der Waals surface area contributed by atoms with Crippen LogP contribution in [0.2, 0.25) is 0 Å². The highest BCUT2D eigenvalue weighted by molar-refractivity contribution is 5.90. The van der Waals surface area contributed by atoms with Gasteiger partial charge in [0.05, 0.1) is 6.33 Å². The summed E-state index contributed by atoms with van der Waals surface area (Å²) in [5, 5.41) is 2.68. The molecule has 0 unspecified atom stereocenters. The Morgan fingerprint density at radius 3 is 2.74 bits per heavy atom. The van der Waals surface area contributed by atoms with Gasteiger partial charge in [-0.1, -0.05) is 6.92 Å². The molecule has 0 aliphatic rings. The minimum absolute atomic E-state index is 0.0574. The lowest BCUT2D eigenvalue weighted by atomic mass is 10.3. The van der Waals surface area contributed by atoms with Crippen molar-refractivity contribution >= 4 is 11.6 Å². The zero-order chi connectivity index (χ0) is 13.7. The smallest absolute Gasteiger partial charge is 0.253 e. The van der Waals surface area contributed by atoms with Crippen molar-refractivity contribution in [3.8, 4) is 0 Å². The molecule has 0 bridgehead atoms. The molecule has 19 heavy (non-hydrogen) atoms. The molecule has 0 saturated carbocycles. The second-order valence-electron chi connectivity index (χ2n) is 3.98. The van der Waals surface area contributed by atoms with Crippen LogP contribution in [0.5, 0.6) is 0 Å². The Kier molecular flexibility index (Phi) is 4.02. The molecule has 0 spiro atoms. The normalized spacial score (nSPS) is 10.2. The number of hydrogen-bond donors (Lipinski definition) is 1. The van der Waals surface area contributed by atoms with Gasteiger partial charge in [-0.15, -0.1) is 0 Å². The molecular weight excluding hydrogens is 244 g/mol. The van der Waals surface area contributed by atoms with E-state index in [1.807, 2.05) is 6.92 Å². The minimum atomic E-state index is -0.278. The maximum atomic E-state index is 11.8. The minimum Gasteiger partial charge on any atom is -0.324 e. The van der Waals surface area contributed by atoms with Crippen molar-refractivity contribution in [2.45, 2.75) is 19.9 Å². The van der Waals surface area contributed by atoms with Crippen molar-refractivity contribution in [2.75, 3.05) is 5.32 Å². The topological polar surface area (TPSA) is 76.9 Å². The third kappa shape index (κ3) is 3.48. The van der Waals surface area contributed by atoms with Gasteiger partial charge in [0.2, 0.25) is 5.91 Å². The number of rotatable bonds is 4. The largest absolute Gasteiger partial charge is 0.324 e. The van der Waals surface area contributed by atoms with Crippen LogP contribution in [0.4, 0.5) is 5.69 Å². The molecule has 2 heterocycles. The third-order valence-corrected chi connectivity index (χ3v) is 2.58. The summed E-state index contributed by atoms with van der Waals surface area (Å²) < 4.78 is 1.27. The van der Waals surface area contributed by atoms with Gasteiger partial charge in [-0.05, 0) is 18.6 Å². The molecule has 98 valence electrons. The number of pyridine rings is 1. The SMILES string of the molecule is CCc1cc(=O)n(CC(=O)Nc2ccncc2)cn1. The maximum absolute atomic E-state index is 11.8. The number of nitrogens with zero attached hydrogens (tertiary/aromatic N) is 3. The van der Waals surface area contributed by atoms with E-state index in [2.05, 4.69) is 15.3 Å². The van der Waals surface area contributed by atoms with Crippen LogP contribution in [0.25, 0.3) is 0 Å². The van der Waals surface area contributed by atoms with E-state index in [9.17, 15) is 9.59 Å². The van der Waals surface area contributed by atoms with Gasteiger partial charge in [0.15, 0.2) is 0 Å². The van der Waals surface area contributed by atoms with Crippen molar-refractivity contribution in [2.24, 2.45) is 0 Å². The predicted octanol–water partition coefficient (Wildman–Crippen LogP) is 0.839. The van der Waals surface area contributed by atoms with Crippen LogP contribution in [-0.2, 0) is 17.8 Å². The van der Waals surface area contributed by atoms with Gasteiger partial charge in [-0.2, -0.15) is 0 Å². The number of carbonyl (C=O) groups excluding carboxylic acids is 1. The van der Waals surface area contributed by atoms with Gasteiger partial charge in [-0.25, -0.2) is 4.98 Å². The maximum Gasteiger partial charge on any atom is 0.253 e. The standard InChI is InChI=1S/C13H14N4O2/c1-2-10-7-13(19)17(9-15-10)8-12(18)16-11-3-5-14-6-4-11/h3-7,9H,2,8H2,1H3,(H,14,16,18). The highest BCUT2D eigenvalue weighted by atomic mass is 16.2. The van der Waals surface area contributed by atoms with Crippen LogP contribution >= 0.6 is 0 Å². The highest BCUT2D eigenvalue weighted by Gasteiger charge is 2.05. The van der Waals surface area contributed by atoms with Gasteiger partial charge >= 0.3 is 0 Å². The van der Waals surface area contributed by atoms with Crippen molar-refractivity contribution in [1.82, 2.24) is 14.5 Å². The third-order valence-electron chi connectivity index (χ3n) is 2.58. The van der Waals surface area contributed by atoms with Gasteiger partial charge in [0, 0.05) is 29.8 Å². The number of carbonyl (C=O) groups is 1. The first-order valence-electron chi connectivity index (χ1n) is 5.94. The number of nitrogens with one attached hydrogen (secondary N) is 1. The molecule has 2 aromatic rings. The van der Waals surface area contributed by atoms with E-state index in [1.165, 1.54) is 17.0 Å². The summed E-state index contributed by atoms with van der Waals surface area (Å²) in [5.74, 6) is -0.278. The van der Waals surface area contributed by atoms with Crippen LogP contribution in [0.1, 0.15) is 12.6 Å². The van der Waals surface area contributed by atoms with E-state index in [1.54, 1.807) is 24.5 Å². The zero-order valence-corrected chi connectivity index (χ0v) is 10.5. The summed E-state index contributed by atoms with van der Waals surface area (Å²) >= 11 is 0. The predicted molar refractivity (Wildman–Crippen MR) is 70.7 cm³/mol. The monoisotopic (exact) mass is 258 g/mol. The molecule has 2 aromatic heterocycles.